The summed E-state index contributed by atoms with van der Waals surface area (Å²) in [5.41, 5.74) is 1.81. The first-order chi connectivity index (χ1) is 13.9. The van der Waals surface area contributed by atoms with Crippen molar-refractivity contribution in [3.05, 3.63) is 34.7 Å². The molecule has 1 aliphatic rings. The summed E-state index contributed by atoms with van der Waals surface area (Å²) in [6.45, 7) is 5.68. The van der Waals surface area contributed by atoms with Crippen LogP contribution in [0.4, 0.5) is 5.69 Å². The number of morpholine rings is 1. The molecule has 4 N–H and O–H groups in total. The van der Waals surface area contributed by atoms with Crippen molar-refractivity contribution in [2.45, 2.75) is 13.0 Å². The number of allylic oxidation sites excluding steroid dienone is 2. The van der Waals surface area contributed by atoms with E-state index in [0.717, 1.165) is 45.1 Å². The summed E-state index contributed by atoms with van der Waals surface area (Å²) < 4.78 is 32.2. The molecule has 1 atom stereocenters. The molecule has 0 spiro atoms. The van der Waals surface area contributed by atoms with Crippen molar-refractivity contribution in [2.75, 3.05) is 57.9 Å². The maximum absolute atomic E-state index is 12.3. The highest BCUT2D eigenvalue weighted by atomic mass is 32.2. The highest BCUT2D eigenvalue weighted by Crippen LogP contribution is 2.23. The number of hydrogen-bond acceptors (Lipinski definition) is 8. The average molecular weight is 425 g/mol. The normalized spacial score (nSPS) is 17.3. The average Bonchev–Trinajstić information content (AvgIpc) is 2.73. The molecule has 0 amide bonds. The van der Waals surface area contributed by atoms with Crippen molar-refractivity contribution in [3.8, 4) is 6.07 Å². The summed E-state index contributed by atoms with van der Waals surface area (Å²) in [7, 11) is -4.10. The minimum Gasteiger partial charge on any atom is -0.394 e. The van der Waals surface area contributed by atoms with E-state index in [1.54, 1.807) is 25.1 Å². The van der Waals surface area contributed by atoms with Gasteiger partial charge in [0.15, 0.2) is 4.91 Å². The summed E-state index contributed by atoms with van der Waals surface area (Å²) >= 11 is 0. The Balaban J connectivity index is 2.01. The molecule has 0 bridgehead atoms. The molecule has 29 heavy (non-hydrogen) atoms. The number of aliphatic hydroxyl groups is 2. The van der Waals surface area contributed by atoms with Crippen LogP contribution in [0.2, 0.25) is 0 Å². The van der Waals surface area contributed by atoms with Crippen molar-refractivity contribution in [3.63, 3.8) is 0 Å². The maximum Gasteiger partial charge on any atom is 0.251 e. The molecule has 1 heterocycles. The third-order valence-electron chi connectivity index (χ3n) is 4.61. The van der Waals surface area contributed by atoms with Gasteiger partial charge in [-0.2, -0.15) is 5.26 Å². The van der Waals surface area contributed by atoms with Crippen LogP contribution in [-0.4, -0.2) is 82.2 Å². The van der Waals surface area contributed by atoms with Gasteiger partial charge in [-0.3, -0.25) is 4.90 Å². The number of nitriles is 1. The standard InChI is InChI=1S/C19H28N4O5S/c1-15(19(12-20)29(26,27)22-13-18(25)14-24)16-2-4-17(5-3-16)21-6-7-23-8-10-28-11-9-23/h2-5,18,21-22,24-25H,6-11,13-14H2,1H3/b19-15+. The first kappa shape index (κ1) is 23.3. The van der Waals surface area contributed by atoms with E-state index in [-0.39, 0.29) is 6.54 Å². The van der Waals surface area contributed by atoms with Crippen LogP contribution in [0, 0.1) is 11.3 Å². The molecule has 10 heteroatoms. The number of aliphatic hydroxyl groups excluding tert-OH is 2. The second kappa shape index (κ2) is 11.3. The van der Waals surface area contributed by atoms with E-state index in [2.05, 4.69) is 14.9 Å². The van der Waals surface area contributed by atoms with E-state index in [4.69, 9.17) is 9.84 Å². The van der Waals surface area contributed by atoms with Crippen molar-refractivity contribution in [2.24, 2.45) is 0 Å². The number of nitrogens with one attached hydrogen (secondary N) is 2. The fourth-order valence-corrected chi connectivity index (χ4v) is 4.04. The first-order valence-electron chi connectivity index (χ1n) is 9.41. The summed E-state index contributed by atoms with van der Waals surface area (Å²) in [5, 5.41) is 30.8. The molecule has 0 aliphatic carbocycles. The van der Waals surface area contributed by atoms with Gasteiger partial charge in [0.25, 0.3) is 10.0 Å². The molecule has 0 aromatic heterocycles. The fourth-order valence-electron chi connectivity index (χ4n) is 2.84. The van der Waals surface area contributed by atoms with Gasteiger partial charge in [0.2, 0.25) is 0 Å². The van der Waals surface area contributed by atoms with E-state index >= 15 is 0 Å². The molecule has 1 saturated heterocycles. The molecule has 0 saturated carbocycles. The zero-order chi connectivity index (χ0) is 21.3. The predicted molar refractivity (Wildman–Crippen MR) is 110 cm³/mol. The molecule has 160 valence electrons. The SMILES string of the molecule is C/C(=C(/C#N)S(=O)(=O)NCC(O)CO)c1ccc(NCCN2CCOCC2)cc1. The molecule has 1 aromatic rings. The minimum absolute atomic E-state index is 0.304. The van der Waals surface area contributed by atoms with E-state index < -0.39 is 27.6 Å². The van der Waals surface area contributed by atoms with Crippen LogP contribution in [0.1, 0.15) is 12.5 Å². The van der Waals surface area contributed by atoms with Crippen LogP contribution >= 0.6 is 0 Å². The van der Waals surface area contributed by atoms with Crippen LogP contribution in [0.3, 0.4) is 0 Å². The lowest BCUT2D eigenvalue weighted by Crippen LogP contribution is -2.38. The molecular formula is C19H28N4O5S. The zero-order valence-corrected chi connectivity index (χ0v) is 17.3. The van der Waals surface area contributed by atoms with Gasteiger partial charge in [-0.25, -0.2) is 13.1 Å². The molecule has 9 nitrogen and oxygen atoms in total. The Bertz CT molecular complexity index is 827. The van der Waals surface area contributed by atoms with E-state index in [1.807, 2.05) is 12.1 Å². The lowest BCUT2D eigenvalue weighted by molar-refractivity contribution is 0.0398. The molecule has 1 aliphatic heterocycles. The second-order valence-corrected chi connectivity index (χ2v) is 8.42. The smallest absolute Gasteiger partial charge is 0.251 e. The Hall–Kier alpha value is -2.00. The van der Waals surface area contributed by atoms with Gasteiger partial charge < -0.3 is 20.3 Å². The summed E-state index contributed by atoms with van der Waals surface area (Å²) in [4.78, 5) is 1.90. The number of ether oxygens (including phenoxy) is 1. The number of benzene rings is 1. The Morgan fingerprint density at radius 2 is 1.97 bits per heavy atom. The summed E-state index contributed by atoms with van der Waals surface area (Å²) in [6.07, 6.45) is -1.23. The van der Waals surface area contributed by atoms with Gasteiger partial charge >= 0.3 is 0 Å². The molecule has 1 fully saturated rings. The van der Waals surface area contributed by atoms with Crippen LogP contribution < -0.4 is 10.0 Å². The maximum atomic E-state index is 12.3. The van der Waals surface area contributed by atoms with E-state index in [1.165, 1.54) is 0 Å². The number of rotatable bonds is 10. The lowest BCUT2D eigenvalue weighted by Gasteiger charge is -2.26. The largest absolute Gasteiger partial charge is 0.394 e. The number of sulfonamides is 1. The van der Waals surface area contributed by atoms with Crippen LogP contribution in [-0.2, 0) is 14.8 Å². The summed E-state index contributed by atoms with van der Waals surface area (Å²) in [5.74, 6) is 0. The van der Waals surface area contributed by atoms with Gasteiger partial charge in [0, 0.05) is 38.4 Å². The third kappa shape index (κ3) is 7.08. The lowest BCUT2D eigenvalue weighted by atomic mass is 10.1. The molecule has 1 aromatic carbocycles. The Morgan fingerprint density at radius 3 is 2.55 bits per heavy atom. The van der Waals surface area contributed by atoms with Gasteiger partial charge in [-0.15, -0.1) is 0 Å². The predicted octanol–water partition coefficient (Wildman–Crippen LogP) is -0.0421. The number of nitrogens with zero attached hydrogens (tertiary/aromatic N) is 2. The monoisotopic (exact) mass is 424 g/mol. The topological polar surface area (TPSA) is 135 Å². The first-order valence-corrected chi connectivity index (χ1v) is 10.9. The van der Waals surface area contributed by atoms with E-state index in [9.17, 15) is 18.8 Å². The highest BCUT2D eigenvalue weighted by molar-refractivity contribution is 7.93. The van der Waals surface area contributed by atoms with Gasteiger partial charge in [-0.05, 0) is 30.2 Å². The van der Waals surface area contributed by atoms with Crippen LogP contribution in [0.15, 0.2) is 29.2 Å². The molecular weight excluding hydrogens is 396 g/mol. The number of hydrogen-bond donors (Lipinski definition) is 4. The van der Waals surface area contributed by atoms with Crippen molar-refractivity contribution >= 4 is 21.3 Å². The van der Waals surface area contributed by atoms with Gasteiger partial charge in [0.05, 0.1) is 25.9 Å². The Morgan fingerprint density at radius 1 is 1.31 bits per heavy atom. The summed E-state index contributed by atoms with van der Waals surface area (Å²) in [6, 6.07) is 8.90. The fraction of sp³-hybridized carbons (Fsp3) is 0.526. The number of anilines is 1. The van der Waals surface area contributed by atoms with Gasteiger partial charge in [0.1, 0.15) is 6.07 Å². The van der Waals surface area contributed by atoms with E-state index in [0.29, 0.717) is 11.1 Å². The molecule has 2 rings (SSSR count). The Labute approximate surface area is 171 Å². The highest BCUT2D eigenvalue weighted by Gasteiger charge is 2.22. The minimum atomic E-state index is -4.10. The molecule has 0 radical (unpaired) electrons. The van der Waals surface area contributed by atoms with Crippen molar-refractivity contribution in [1.82, 2.24) is 9.62 Å². The third-order valence-corrected chi connectivity index (χ3v) is 6.09. The quantitative estimate of drug-likeness (QED) is 0.384. The van der Waals surface area contributed by atoms with Crippen LogP contribution in [0.25, 0.3) is 5.57 Å². The van der Waals surface area contributed by atoms with Crippen LogP contribution in [0.5, 0.6) is 0 Å². The van der Waals surface area contributed by atoms with Crippen molar-refractivity contribution in [1.29, 1.82) is 5.26 Å². The zero-order valence-electron chi connectivity index (χ0n) is 16.5. The Kier molecular flexibility index (Phi) is 9.03. The van der Waals surface area contributed by atoms with Crippen molar-refractivity contribution < 1.29 is 23.4 Å². The second-order valence-electron chi connectivity index (χ2n) is 6.71. The van der Waals surface area contributed by atoms with Gasteiger partial charge in [-0.1, -0.05) is 12.1 Å². The molecule has 1 unspecified atom stereocenters.